The Kier molecular flexibility index (Phi) is 5.55. The Bertz CT molecular complexity index is 498. The number of hydrogen-bond donors (Lipinski definition) is 1. The van der Waals surface area contributed by atoms with E-state index in [9.17, 15) is 26.3 Å². The second-order valence-electron chi connectivity index (χ2n) is 4.78. The average molecular weight is 331 g/mol. The molecule has 0 aliphatic carbocycles. The predicted octanol–water partition coefficient (Wildman–Crippen LogP) is 4.40. The first kappa shape index (κ1) is 18.4. The molecule has 9 heteroatoms. The van der Waals surface area contributed by atoms with Crippen LogP contribution in [0.1, 0.15) is 25.5 Å². The summed E-state index contributed by atoms with van der Waals surface area (Å²) in [6.07, 6.45) is -10.3. The Hall–Kier alpha value is -1.64. The maximum Gasteiger partial charge on any atom is 0.573 e. The van der Waals surface area contributed by atoms with Crippen LogP contribution in [0.15, 0.2) is 18.2 Å². The summed E-state index contributed by atoms with van der Waals surface area (Å²) in [5.41, 5.74) is -0.0726. The zero-order valence-corrected chi connectivity index (χ0v) is 12.0. The van der Waals surface area contributed by atoms with Crippen LogP contribution in [-0.2, 0) is 0 Å². The lowest BCUT2D eigenvalue weighted by Gasteiger charge is -2.25. The van der Waals surface area contributed by atoms with Crippen molar-refractivity contribution >= 4 is 0 Å². The van der Waals surface area contributed by atoms with Crippen LogP contribution in [0.2, 0.25) is 0 Å². The van der Waals surface area contributed by atoms with E-state index >= 15 is 0 Å². The van der Waals surface area contributed by atoms with E-state index in [2.05, 4.69) is 14.8 Å². The van der Waals surface area contributed by atoms with Gasteiger partial charge in [0.25, 0.3) is 0 Å². The zero-order chi connectivity index (χ0) is 17.1. The van der Waals surface area contributed by atoms with Crippen molar-refractivity contribution in [2.24, 2.45) is 5.92 Å². The summed E-state index contributed by atoms with van der Waals surface area (Å²) < 4.78 is 82.0. The topological polar surface area (TPSA) is 30.5 Å². The number of alkyl halides is 6. The van der Waals surface area contributed by atoms with E-state index in [4.69, 9.17) is 0 Å². The lowest BCUT2D eigenvalue weighted by atomic mass is 9.95. The van der Waals surface area contributed by atoms with Crippen molar-refractivity contribution in [1.82, 2.24) is 5.32 Å². The average Bonchev–Trinajstić information content (AvgIpc) is 2.30. The van der Waals surface area contributed by atoms with Gasteiger partial charge in [-0.15, -0.1) is 26.3 Å². The normalized spacial score (nSPS) is 14.1. The summed E-state index contributed by atoms with van der Waals surface area (Å²) in [5.74, 6) is -2.23. The minimum absolute atomic E-state index is 0.0726. The van der Waals surface area contributed by atoms with Crippen LogP contribution >= 0.6 is 0 Å². The smallest absolute Gasteiger partial charge is 0.402 e. The Morgan fingerprint density at radius 3 is 1.91 bits per heavy atom. The molecule has 0 bridgehead atoms. The van der Waals surface area contributed by atoms with E-state index < -0.39 is 30.3 Å². The fourth-order valence-electron chi connectivity index (χ4n) is 2.06. The quantitative estimate of drug-likeness (QED) is 0.811. The molecule has 0 aliphatic heterocycles. The first-order chi connectivity index (χ1) is 9.94. The Balaban J connectivity index is 3.39. The summed E-state index contributed by atoms with van der Waals surface area (Å²) in [6.45, 7) is 3.41. The number of halogens is 6. The minimum Gasteiger partial charge on any atom is -0.402 e. The van der Waals surface area contributed by atoms with Gasteiger partial charge in [-0.1, -0.05) is 26.0 Å². The summed E-state index contributed by atoms with van der Waals surface area (Å²) in [6, 6.07) is 2.55. The van der Waals surface area contributed by atoms with E-state index in [1.165, 1.54) is 19.2 Å². The highest BCUT2D eigenvalue weighted by molar-refractivity contribution is 5.48. The third-order valence-electron chi connectivity index (χ3n) is 2.77. The number of rotatable bonds is 5. The van der Waals surface area contributed by atoms with E-state index in [0.29, 0.717) is 0 Å². The van der Waals surface area contributed by atoms with Crippen molar-refractivity contribution in [3.8, 4) is 11.5 Å². The molecule has 1 atom stereocenters. The molecule has 1 rings (SSSR count). The molecule has 0 aliphatic rings. The highest BCUT2D eigenvalue weighted by Gasteiger charge is 2.38. The van der Waals surface area contributed by atoms with Crippen LogP contribution in [0.3, 0.4) is 0 Å². The van der Waals surface area contributed by atoms with Gasteiger partial charge in [0.15, 0.2) is 11.5 Å². The molecule has 0 heterocycles. The fourth-order valence-corrected chi connectivity index (χ4v) is 2.06. The number of hydrogen-bond acceptors (Lipinski definition) is 3. The Morgan fingerprint density at radius 1 is 0.955 bits per heavy atom. The standard InChI is InChI=1S/C13H15F6NO2/c1-7(2)10(20-3)8-5-4-6-9(21-12(14,15)16)11(8)22-13(17,18)19/h4-7,10,20H,1-3H3. The highest BCUT2D eigenvalue weighted by Crippen LogP contribution is 2.42. The van der Waals surface area contributed by atoms with Crippen LogP contribution in [0.25, 0.3) is 0 Å². The first-order valence-electron chi connectivity index (χ1n) is 6.26. The van der Waals surface area contributed by atoms with Gasteiger partial charge in [-0.2, -0.15) is 0 Å². The minimum atomic E-state index is -5.14. The molecule has 0 fully saturated rings. The number of benzene rings is 1. The third kappa shape index (κ3) is 5.28. The molecule has 0 aromatic heterocycles. The molecule has 0 saturated heterocycles. The van der Waals surface area contributed by atoms with Crippen molar-refractivity contribution in [1.29, 1.82) is 0 Å². The van der Waals surface area contributed by atoms with Crippen molar-refractivity contribution < 1.29 is 35.8 Å². The van der Waals surface area contributed by atoms with Crippen LogP contribution < -0.4 is 14.8 Å². The van der Waals surface area contributed by atoms with Gasteiger partial charge in [-0.25, -0.2) is 0 Å². The SMILES string of the molecule is CNC(c1cccc(OC(F)(F)F)c1OC(F)(F)F)C(C)C. The van der Waals surface area contributed by atoms with Gasteiger partial charge in [0.2, 0.25) is 0 Å². The second-order valence-corrected chi connectivity index (χ2v) is 4.78. The van der Waals surface area contributed by atoms with Gasteiger partial charge < -0.3 is 14.8 Å². The second kappa shape index (κ2) is 6.64. The van der Waals surface area contributed by atoms with E-state index in [-0.39, 0.29) is 11.5 Å². The van der Waals surface area contributed by atoms with Gasteiger partial charge in [0, 0.05) is 11.6 Å². The zero-order valence-electron chi connectivity index (χ0n) is 12.0. The summed E-state index contributed by atoms with van der Waals surface area (Å²) in [5, 5.41) is 2.75. The largest absolute Gasteiger partial charge is 0.573 e. The molecule has 1 aromatic carbocycles. The van der Waals surface area contributed by atoms with Gasteiger partial charge >= 0.3 is 12.7 Å². The highest BCUT2D eigenvalue weighted by atomic mass is 19.4. The van der Waals surface area contributed by atoms with Crippen LogP contribution in [-0.4, -0.2) is 19.8 Å². The van der Waals surface area contributed by atoms with Gasteiger partial charge in [-0.05, 0) is 19.0 Å². The molecule has 0 saturated carbocycles. The van der Waals surface area contributed by atoms with Crippen molar-refractivity contribution in [2.45, 2.75) is 32.6 Å². The van der Waals surface area contributed by atoms with Crippen LogP contribution in [0, 0.1) is 5.92 Å². The molecule has 22 heavy (non-hydrogen) atoms. The van der Waals surface area contributed by atoms with E-state index in [0.717, 1.165) is 6.07 Å². The van der Waals surface area contributed by atoms with Crippen molar-refractivity contribution in [3.63, 3.8) is 0 Å². The molecule has 1 unspecified atom stereocenters. The summed E-state index contributed by atoms with van der Waals surface area (Å²) >= 11 is 0. The molecule has 126 valence electrons. The lowest BCUT2D eigenvalue weighted by Crippen LogP contribution is -2.26. The Labute approximate surface area is 123 Å². The molecule has 1 N–H and O–H groups in total. The molecule has 0 radical (unpaired) electrons. The van der Waals surface area contributed by atoms with E-state index in [1.54, 1.807) is 13.8 Å². The van der Waals surface area contributed by atoms with Crippen molar-refractivity contribution in [2.75, 3.05) is 7.05 Å². The summed E-state index contributed by atoms with van der Waals surface area (Å²) in [4.78, 5) is 0. The number of para-hydroxylation sites is 1. The number of nitrogens with one attached hydrogen (secondary N) is 1. The summed E-state index contributed by atoms with van der Waals surface area (Å²) in [7, 11) is 1.49. The van der Waals surface area contributed by atoms with Gasteiger partial charge in [0.1, 0.15) is 0 Å². The van der Waals surface area contributed by atoms with E-state index in [1.807, 2.05) is 0 Å². The maximum atomic E-state index is 12.5. The molecule has 0 amide bonds. The van der Waals surface area contributed by atoms with Crippen LogP contribution in [0.4, 0.5) is 26.3 Å². The fraction of sp³-hybridized carbons (Fsp3) is 0.538. The third-order valence-corrected chi connectivity index (χ3v) is 2.77. The number of ether oxygens (including phenoxy) is 2. The van der Waals surface area contributed by atoms with Gasteiger partial charge in [0.05, 0.1) is 0 Å². The van der Waals surface area contributed by atoms with Crippen molar-refractivity contribution in [3.05, 3.63) is 23.8 Å². The predicted molar refractivity (Wildman–Crippen MR) is 66.4 cm³/mol. The molecule has 3 nitrogen and oxygen atoms in total. The molecular formula is C13H15F6NO2. The maximum absolute atomic E-state index is 12.5. The molecule has 0 spiro atoms. The van der Waals surface area contributed by atoms with Gasteiger partial charge in [-0.3, -0.25) is 0 Å². The van der Waals surface area contributed by atoms with Crippen LogP contribution in [0.5, 0.6) is 11.5 Å². The molecular weight excluding hydrogens is 316 g/mol. The monoisotopic (exact) mass is 331 g/mol. The lowest BCUT2D eigenvalue weighted by molar-refractivity contribution is -0.287. The first-order valence-corrected chi connectivity index (χ1v) is 6.26. The Morgan fingerprint density at radius 2 is 1.50 bits per heavy atom. The molecule has 1 aromatic rings.